The van der Waals surface area contributed by atoms with Crippen LogP contribution in [0, 0.1) is 10.8 Å². The standard InChI is InChI=1S/C16H24O3/c1-5-16(4,12-17)15(2,3)14(18)19-11-13-9-7-6-8-10-13/h6-10,17H,5,11-12H2,1-4H3. The highest BCUT2D eigenvalue weighted by Gasteiger charge is 2.46. The summed E-state index contributed by atoms with van der Waals surface area (Å²) >= 11 is 0. The van der Waals surface area contributed by atoms with E-state index < -0.39 is 10.8 Å². The minimum Gasteiger partial charge on any atom is -0.460 e. The van der Waals surface area contributed by atoms with Crippen molar-refractivity contribution < 1.29 is 14.6 Å². The summed E-state index contributed by atoms with van der Waals surface area (Å²) in [7, 11) is 0. The number of aliphatic hydroxyl groups is 1. The van der Waals surface area contributed by atoms with Crippen LogP contribution in [0.2, 0.25) is 0 Å². The predicted octanol–water partition coefficient (Wildman–Crippen LogP) is 3.16. The number of carbonyl (C=O) groups excluding carboxylic acids is 1. The third-order valence-corrected chi connectivity index (χ3v) is 4.36. The van der Waals surface area contributed by atoms with Crippen LogP contribution in [0.15, 0.2) is 30.3 Å². The van der Waals surface area contributed by atoms with Crippen molar-refractivity contribution >= 4 is 5.97 Å². The molecule has 3 heteroatoms. The van der Waals surface area contributed by atoms with Crippen LogP contribution in [0.3, 0.4) is 0 Å². The Hall–Kier alpha value is -1.35. The molecule has 0 amide bonds. The van der Waals surface area contributed by atoms with Crippen molar-refractivity contribution in [2.24, 2.45) is 10.8 Å². The second-order valence-electron chi connectivity index (χ2n) is 5.76. The van der Waals surface area contributed by atoms with E-state index in [-0.39, 0.29) is 19.2 Å². The van der Waals surface area contributed by atoms with E-state index in [0.717, 1.165) is 12.0 Å². The molecule has 0 spiro atoms. The Morgan fingerprint density at radius 2 is 1.79 bits per heavy atom. The maximum absolute atomic E-state index is 12.3. The van der Waals surface area contributed by atoms with Gasteiger partial charge in [0.1, 0.15) is 6.61 Å². The first kappa shape index (κ1) is 15.7. The lowest BCUT2D eigenvalue weighted by molar-refractivity contribution is -0.165. The van der Waals surface area contributed by atoms with Gasteiger partial charge in [0.05, 0.1) is 5.41 Å². The van der Waals surface area contributed by atoms with Crippen LogP contribution in [0.1, 0.15) is 39.7 Å². The highest BCUT2D eigenvalue weighted by atomic mass is 16.5. The molecule has 0 aromatic heterocycles. The molecule has 0 aliphatic carbocycles. The number of carbonyl (C=O) groups is 1. The lowest BCUT2D eigenvalue weighted by Gasteiger charge is -2.40. The van der Waals surface area contributed by atoms with Crippen molar-refractivity contribution in [3.8, 4) is 0 Å². The van der Waals surface area contributed by atoms with Crippen molar-refractivity contribution in [1.82, 2.24) is 0 Å². The van der Waals surface area contributed by atoms with Crippen molar-refractivity contribution in [3.63, 3.8) is 0 Å². The fourth-order valence-electron chi connectivity index (χ4n) is 1.90. The summed E-state index contributed by atoms with van der Waals surface area (Å²) in [5, 5.41) is 9.55. The Bertz CT molecular complexity index is 405. The molecule has 1 unspecified atom stereocenters. The smallest absolute Gasteiger partial charge is 0.312 e. The Labute approximate surface area is 115 Å². The van der Waals surface area contributed by atoms with E-state index in [1.165, 1.54) is 0 Å². The molecular weight excluding hydrogens is 240 g/mol. The van der Waals surface area contributed by atoms with E-state index in [2.05, 4.69) is 0 Å². The van der Waals surface area contributed by atoms with Gasteiger partial charge in [-0.3, -0.25) is 4.79 Å². The first-order chi connectivity index (χ1) is 8.87. The van der Waals surface area contributed by atoms with Crippen molar-refractivity contribution in [3.05, 3.63) is 35.9 Å². The first-order valence-corrected chi connectivity index (χ1v) is 6.69. The lowest BCUT2D eigenvalue weighted by atomic mass is 9.65. The quantitative estimate of drug-likeness (QED) is 0.803. The van der Waals surface area contributed by atoms with Gasteiger partial charge in [-0.05, 0) is 25.8 Å². The van der Waals surface area contributed by atoms with Crippen LogP contribution in [-0.2, 0) is 16.1 Å². The molecule has 0 fully saturated rings. The summed E-state index contributed by atoms with van der Waals surface area (Å²) in [6.07, 6.45) is 0.719. The molecule has 0 saturated heterocycles. The van der Waals surface area contributed by atoms with Crippen molar-refractivity contribution in [2.75, 3.05) is 6.61 Å². The molecule has 0 aliphatic heterocycles. The van der Waals surface area contributed by atoms with E-state index in [1.807, 2.05) is 58.0 Å². The van der Waals surface area contributed by atoms with Gasteiger partial charge >= 0.3 is 5.97 Å². The van der Waals surface area contributed by atoms with E-state index >= 15 is 0 Å². The maximum atomic E-state index is 12.3. The molecule has 1 aromatic rings. The second-order valence-corrected chi connectivity index (χ2v) is 5.76. The minimum absolute atomic E-state index is 0.0308. The summed E-state index contributed by atoms with van der Waals surface area (Å²) in [4.78, 5) is 12.3. The number of hydrogen-bond donors (Lipinski definition) is 1. The largest absolute Gasteiger partial charge is 0.460 e. The van der Waals surface area contributed by atoms with Gasteiger partial charge in [-0.25, -0.2) is 0 Å². The van der Waals surface area contributed by atoms with Crippen LogP contribution in [0.5, 0.6) is 0 Å². The zero-order valence-corrected chi connectivity index (χ0v) is 12.3. The van der Waals surface area contributed by atoms with Gasteiger partial charge in [0.25, 0.3) is 0 Å². The van der Waals surface area contributed by atoms with Crippen LogP contribution in [0.25, 0.3) is 0 Å². The number of ether oxygens (including phenoxy) is 1. The SMILES string of the molecule is CCC(C)(CO)C(C)(C)C(=O)OCc1ccccc1. The van der Waals surface area contributed by atoms with Gasteiger partial charge in [0, 0.05) is 12.0 Å². The molecule has 0 heterocycles. The highest BCUT2D eigenvalue weighted by molar-refractivity contribution is 5.77. The fraction of sp³-hybridized carbons (Fsp3) is 0.562. The van der Waals surface area contributed by atoms with Gasteiger partial charge in [-0.1, -0.05) is 44.2 Å². The second kappa shape index (κ2) is 6.20. The Balaban J connectivity index is 2.72. The van der Waals surface area contributed by atoms with Crippen LogP contribution in [-0.4, -0.2) is 17.7 Å². The maximum Gasteiger partial charge on any atom is 0.312 e. The molecule has 3 nitrogen and oxygen atoms in total. The molecule has 106 valence electrons. The van der Waals surface area contributed by atoms with E-state index in [9.17, 15) is 9.90 Å². The molecule has 0 aliphatic rings. The molecule has 1 rings (SSSR count). The van der Waals surface area contributed by atoms with Gasteiger partial charge < -0.3 is 9.84 Å². The van der Waals surface area contributed by atoms with Gasteiger partial charge in [-0.15, -0.1) is 0 Å². The highest BCUT2D eigenvalue weighted by Crippen LogP contribution is 2.42. The van der Waals surface area contributed by atoms with Gasteiger partial charge in [0.15, 0.2) is 0 Å². The average Bonchev–Trinajstić information content (AvgIpc) is 2.44. The Kier molecular flexibility index (Phi) is 5.12. The molecule has 0 saturated carbocycles. The third kappa shape index (κ3) is 3.35. The van der Waals surface area contributed by atoms with E-state index in [4.69, 9.17) is 4.74 Å². The fourth-order valence-corrected chi connectivity index (χ4v) is 1.90. The Morgan fingerprint density at radius 3 is 2.26 bits per heavy atom. The predicted molar refractivity (Wildman–Crippen MR) is 75.5 cm³/mol. The van der Waals surface area contributed by atoms with E-state index in [1.54, 1.807) is 0 Å². The van der Waals surface area contributed by atoms with Crippen LogP contribution in [0.4, 0.5) is 0 Å². The van der Waals surface area contributed by atoms with Crippen LogP contribution >= 0.6 is 0 Å². The Morgan fingerprint density at radius 1 is 1.21 bits per heavy atom. The zero-order valence-electron chi connectivity index (χ0n) is 12.3. The molecule has 0 bridgehead atoms. The van der Waals surface area contributed by atoms with Crippen molar-refractivity contribution in [2.45, 2.75) is 40.7 Å². The number of rotatable bonds is 6. The summed E-state index contributed by atoms with van der Waals surface area (Å²) in [6.45, 7) is 7.80. The average molecular weight is 264 g/mol. The summed E-state index contributed by atoms with van der Waals surface area (Å²) < 4.78 is 5.39. The molecule has 1 N–H and O–H groups in total. The first-order valence-electron chi connectivity index (χ1n) is 6.69. The molecule has 19 heavy (non-hydrogen) atoms. The monoisotopic (exact) mass is 264 g/mol. The lowest BCUT2D eigenvalue weighted by Crippen LogP contribution is -2.44. The normalized spacial score (nSPS) is 14.8. The van der Waals surface area contributed by atoms with E-state index in [0.29, 0.717) is 0 Å². The van der Waals surface area contributed by atoms with Gasteiger partial charge in [0.2, 0.25) is 0 Å². The number of hydrogen-bond acceptors (Lipinski definition) is 3. The summed E-state index contributed by atoms with van der Waals surface area (Å²) in [5.41, 5.74) is -0.222. The molecule has 0 radical (unpaired) electrons. The van der Waals surface area contributed by atoms with Crippen molar-refractivity contribution in [1.29, 1.82) is 0 Å². The number of aliphatic hydroxyl groups excluding tert-OH is 1. The summed E-state index contributed by atoms with van der Waals surface area (Å²) in [6, 6.07) is 9.60. The molecular formula is C16H24O3. The molecule has 1 aromatic carbocycles. The number of benzene rings is 1. The minimum atomic E-state index is -0.717. The topological polar surface area (TPSA) is 46.5 Å². The third-order valence-electron chi connectivity index (χ3n) is 4.36. The zero-order chi connectivity index (χ0) is 14.5. The molecule has 1 atom stereocenters. The van der Waals surface area contributed by atoms with Crippen LogP contribution < -0.4 is 0 Å². The summed E-state index contributed by atoms with van der Waals surface area (Å²) in [5.74, 6) is -0.269. The van der Waals surface area contributed by atoms with Gasteiger partial charge in [-0.2, -0.15) is 0 Å². The number of esters is 1.